The molecular formula is C25H24N2OS2. The highest BCUT2D eigenvalue weighted by Gasteiger charge is 2.13. The third kappa shape index (κ3) is 4.91. The minimum atomic E-state index is -0.104. The molecule has 0 radical (unpaired) electrons. The molecule has 1 amide bonds. The number of nitrogens with zero attached hydrogens (tertiary/aromatic N) is 1. The third-order valence-corrected chi connectivity index (χ3v) is 7.08. The summed E-state index contributed by atoms with van der Waals surface area (Å²) < 4.78 is 2.11. The van der Waals surface area contributed by atoms with Gasteiger partial charge in [-0.05, 0) is 46.9 Å². The lowest BCUT2D eigenvalue weighted by Crippen LogP contribution is -2.11. The van der Waals surface area contributed by atoms with Crippen LogP contribution >= 0.6 is 23.1 Å². The Morgan fingerprint density at radius 1 is 1.00 bits per heavy atom. The quantitative estimate of drug-likeness (QED) is 0.341. The van der Waals surface area contributed by atoms with Gasteiger partial charge < -0.3 is 5.32 Å². The van der Waals surface area contributed by atoms with E-state index in [4.69, 9.17) is 4.98 Å². The molecule has 4 rings (SSSR count). The van der Waals surface area contributed by atoms with Crippen molar-refractivity contribution in [3.05, 3.63) is 89.5 Å². The Bertz CT molecular complexity index is 1160. The lowest BCUT2D eigenvalue weighted by Gasteiger charge is -2.19. The van der Waals surface area contributed by atoms with Gasteiger partial charge in [-0.15, -0.1) is 11.3 Å². The van der Waals surface area contributed by atoms with Crippen molar-refractivity contribution >= 4 is 44.9 Å². The van der Waals surface area contributed by atoms with Gasteiger partial charge in [-0.1, -0.05) is 75.0 Å². The van der Waals surface area contributed by atoms with Crippen molar-refractivity contribution in [2.45, 2.75) is 36.3 Å². The molecule has 0 bridgehead atoms. The maximum absolute atomic E-state index is 12.4. The third-order valence-electron chi connectivity index (χ3n) is 4.84. The number of aromatic nitrogens is 1. The normalized spacial score (nSPS) is 11.6. The van der Waals surface area contributed by atoms with Crippen molar-refractivity contribution in [3.8, 4) is 0 Å². The first-order valence-electron chi connectivity index (χ1n) is 9.88. The molecule has 0 aliphatic heterocycles. The fourth-order valence-corrected chi connectivity index (χ4v) is 5.15. The van der Waals surface area contributed by atoms with Crippen LogP contribution in [0.1, 0.15) is 42.3 Å². The second kappa shape index (κ2) is 8.62. The van der Waals surface area contributed by atoms with Crippen LogP contribution in [0.4, 0.5) is 5.69 Å². The van der Waals surface area contributed by atoms with Gasteiger partial charge in [0.2, 0.25) is 0 Å². The molecule has 1 heterocycles. The minimum absolute atomic E-state index is 0.104. The maximum Gasteiger partial charge on any atom is 0.255 e. The maximum atomic E-state index is 12.4. The summed E-state index contributed by atoms with van der Waals surface area (Å²) in [6.45, 7) is 6.69. The Morgan fingerprint density at radius 2 is 1.73 bits per heavy atom. The number of amides is 1. The number of carbonyl (C=O) groups excluding carboxylic acids is 1. The van der Waals surface area contributed by atoms with Gasteiger partial charge in [0, 0.05) is 17.0 Å². The molecule has 152 valence electrons. The molecule has 1 N–H and O–H groups in total. The number of thioether (sulfide) groups is 1. The van der Waals surface area contributed by atoms with Crippen LogP contribution in [0.2, 0.25) is 0 Å². The SMILES string of the molecule is CC(C)(C)c1ccc(CSc2nc3ccc(NC(=O)c4ccccc4)cc3s2)cc1. The largest absolute Gasteiger partial charge is 0.322 e. The lowest BCUT2D eigenvalue weighted by atomic mass is 9.87. The highest BCUT2D eigenvalue weighted by Crippen LogP contribution is 2.33. The zero-order valence-corrected chi connectivity index (χ0v) is 18.9. The van der Waals surface area contributed by atoms with Gasteiger partial charge in [-0.2, -0.15) is 0 Å². The summed E-state index contributed by atoms with van der Waals surface area (Å²) in [7, 11) is 0. The first-order chi connectivity index (χ1) is 14.4. The van der Waals surface area contributed by atoms with E-state index < -0.39 is 0 Å². The first-order valence-corrected chi connectivity index (χ1v) is 11.7. The minimum Gasteiger partial charge on any atom is -0.322 e. The molecule has 0 fully saturated rings. The van der Waals surface area contributed by atoms with E-state index in [2.05, 4.69) is 50.4 Å². The predicted molar refractivity (Wildman–Crippen MR) is 129 cm³/mol. The molecule has 0 unspecified atom stereocenters. The number of hydrogen-bond donors (Lipinski definition) is 1. The molecule has 0 aliphatic rings. The Hall–Kier alpha value is -2.63. The molecule has 0 atom stereocenters. The van der Waals surface area contributed by atoms with Crippen molar-refractivity contribution in [1.29, 1.82) is 0 Å². The van der Waals surface area contributed by atoms with Crippen molar-refractivity contribution in [2.75, 3.05) is 5.32 Å². The van der Waals surface area contributed by atoms with Crippen molar-refractivity contribution < 1.29 is 4.79 Å². The fourth-order valence-electron chi connectivity index (χ4n) is 3.08. The lowest BCUT2D eigenvalue weighted by molar-refractivity contribution is 0.102. The van der Waals surface area contributed by atoms with Crippen LogP contribution in [0.5, 0.6) is 0 Å². The number of carbonyl (C=O) groups is 1. The Balaban J connectivity index is 1.43. The Labute approximate surface area is 185 Å². The van der Waals surface area contributed by atoms with Gasteiger partial charge in [0.15, 0.2) is 4.34 Å². The molecule has 4 aromatic rings. The molecule has 3 nitrogen and oxygen atoms in total. The topological polar surface area (TPSA) is 42.0 Å². The van der Waals surface area contributed by atoms with Gasteiger partial charge in [-0.25, -0.2) is 4.98 Å². The monoisotopic (exact) mass is 432 g/mol. The fraction of sp³-hybridized carbons (Fsp3) is 0.200. The highest BCUT2D eigenvalue weighted by molar-refractivity contribution is 8.00. The van der Waals surface area contributed by atoms with Gasteiger partial charge in [0.05, 0.1) is 10.2 Å². The molecule has 0 aliphatic carbocycles. The predicted octanol–water partition coefficient (Wildman–Crippen LogP) is 7.14. The number of thiazole rings is 1. The Kier molecular flexibility index (Phi) is 5.93. The molecule has 30 heavy (non-hydrogen) atoms. The van der Waals surface area contributed by atoms with E-state index in [0.717, 1.165) is 26.0 Å². The number of fused-ring (bicyclic) bond motifs is 1. The van der Waals surface area contributed by atoms with E-state index in [1.807, 2.05) is 48.5 Å². The van der Waals surface area contributed by atoms with E-state index in [-0.39, 0.29) is 11.3 Å². The first kappa shape index (κ1) is 20.6. The van der Waals surface area contributed by atoms with Crippen LogP contribution in [0, 0.1) is 0 Å². The number of benzene rings is 3. The van der Waals surface area contributed by atoms with Gasteiger partial charge in [-0.3, -0.25) is 4.79 Å². The summed E-state index contributed by atoms with van der Waals surface area (Å²) in [6, 6.07) is 24.0. The average molecular weight is 433 g/mol. The van der Waals surface area contributed by atoms with Crippen LogP contribution in [-0.2, 0) is 11.2 Å². The number of rotatable bonds is 5. The van der Waals surface area contributed by atoms with Crippen LogP contribution in [0.25, 0.3) is 10.2 Å². The van der Waals surface area contributed by atoms with Gasteiger partial charge in [0.1, 0.15) is 0 Å². The van der Waals surface area contributed by atoms with Gasteiger partial charge >= 0.3 is 0 Å². The molecular weight excluding hydrogens is 408 g/mol. The molecule has 5 heteroatoms. The molecule has 0 saturated carbocycles. The van der Waals surface area contributed by atoms with Gasteiger partial charge in [0.25, 0.3) is 5.91 Å². The van der Waals surface area contributed by atoms with E-state index in [1.165, 1.54) is 11.1 Å². The summed E-state index contributed by atoms with van der Waals surface area (Å²) in [5, 5.41) is 2.97. The highest BCUT2D eigenvalue weighted by atomic mass is 32.2. The smallest absolute Gasteiger partial charge is 0.255 e. The summed E-state index contributed by atoms with van der Waals surface area (Å²) in [4.78, 5) is 17.1. The summed E-state index contributed by atoms with van der Waals surface area (Å²) in [5.41, 5.74) is 5.21. The molecule has 3 aromatic carbocycles. The van der Waals surface area contributed by atoms with Crippen LogP contribution in [0.3, 0.4) is 0 Å². The van der Waals surface area contributed by atoms with Crippen LogP contribution in [-0.4, -0.2) is 10.9 Å². The zero-order chi connectivity index (χ0) is 21.1. The summed E-state index contributed by atoms with van der Waals surface area (Å²) >= 11 is 3.41. The standard InChI is InChI=1S/C25H24N2OS2/c1-25(2,3)19-11-9-17(10-12-19)16-29-24-27-21-14-13-20(15-22(21)30-24)26-23(28)18-7-5-4-6-8-18/h4-15H,16H2,1-3H3,(H,26,28). The summed E-state index contributed by atoms with van der Waals surface area (Å²) in [6.07, 6.45) is 0. The van der Waals surface area contributed by atoms with Crippen LogP contribution in [0.15, 0.2) is 77.1 Å². The number of anilines is 1. The molecule has 0 saturated heterocycles. The van der Waals surface area contributed by atoms with E-state index in [9.17, 15) is 4.79 Å². The van der Waals surface area contributed by atoms with Crippen molar-refractivity contribution in [3.63, 3.8) is 0 Å². The second-order valence-electron chi connectivity index (χ2n) is 8.22. The Morgan fingerprint density at radius 3 is 2.43 bits per heavy atom. The molecule has 1 aromatic heterocycles. The average Bonchev–Trinajstić information content (AvgIpc) is 3.15. The van der Waals surface area contributed by atoms with E-state index in [0.29, 0.717) is 5.56 Å². The molecule has 0 spiro atoms. The number of hydrogen-bond acceptors (Lipinski definition) is 4. The zero-order valence-electron chi connectivity index (χ0n) is 17.3. The van der Waals surface area contributed by atoms with Crippen molar-refractivity contribution in [2.24, 2.45) is 0 Å². The number of nitrogens with one attached hydrogen (secondary N) is 1. The summed E-state index contributed by atoms with van der Waals surface area (Å²) in [5.74, 6) is 0.787. The van der Waals surface area contributed by atoms with E-state index >= 15 is 0 Å². The second-order valence-corrected chi connectivity index (χ2v) is 10.5. The van der Waals surface area contributed by atoms with Crippen molar-refractivity contribution in [1.82, 2.24) is 4.98 Å². The van der Waals surface area contributed by atoms with Crippen LogP contribution < -0.4 is 5.32 Å². The van der Waals surface area contributed by atoms with E-state index in [1.54, 1.807) is 23.1 Å².